The van der Waals surface area contributed by atoms with Gasteiger partial charge in [0.05, 0.1) is 5.39 Å². The van der Waals surface area contributed by atoms with Gasteiger partial charge in [0, 0.05) is 18.6 Å². The lowest BCUT2D eigenvalue weighted by atomic mass is 10.0. The van der Waals surface area contributed by atoms with Crippen molar-refractivity contribution in [2.45, 2.75) is 66.4 Å². The van der Waals surface area contributed by atoms with Gasteiger partial charge in [0.15, 0.2) is 0 Å². The summed E-state index contributed by atoms with van der Waals surface area (Å²) in [5.41, 5.74) is 2.17. The maximum atomic E-state index is 11.7. The molecule has 0 aliphatic carbocycles. The number of benzene rings is 1. The molecule has 2 N–H and O–H groups in total. The lowest BCUT2D eigenvalue weighted by molar-refractivity contribution is -0.131. The highest BCUT2D eigenvalue weighted by molar-refractivity contribution is 5.90. The summed E-state index contributed by atoms with van der Waals surface area (Å²) in [6, 6.07) is 3.15. The van der Waals surface area contributed by atoms with Gasteiger partial charge in [-0.25, -0.2) is 0 Å². The molecule has 0 aliphatic rings. The third-order valence-corrected chi connectivity index (χ3v) is 4.45. The van der Waals surface area contributed by atoms with Gasteiger partial charge in [0.2, 0.25) is 0 Å². The number of aromatic hydroxyl groups is 1. The molecule has 152 valence electrons. The standard InChI is InChI=1S/C23H30O5/c1-14(2)8-7-9-15(3)10-11-17-19(25)13-20-18(22(17)27-16(4)24)12-21(28-20)23(5,6)26/h8,10,12-13,25-26H,7,9,11H2,1-6H3. The van der Waals surface area contributed by atoms with Gasteiger partial charge in [0.1, 0.15) is 28.4 Å². The minimum Gasteiger partial charge on any atom is -0.507 e. The first-order chi connectivity index (χ1) is 13.0. The van der Waals surface area contributed by atoms with Crippen molar-refractivity contribution in [2.75, 3.05) is 0 Å². The molecule has 2 rings (SSSR count). The average molecular weight is 386 g/mol. The third-order valence-electron chi connectivity index (χ3n) is 4.45. The molecule has 0 fully saturated rings. The highest BCUT2D eigenvalue weighted by Gasteiger charge is 2.25. The number of rotatable bonds is 7. The third kappa shape index (κ3) is 5.49. The van der Waals surface area contributed by atoms with E-state index in [1.54, 1.807) is 19.9 Å². The van der Waals surface area contributed by atoms with Crippen LogP contribution in [0.5, 0.6) is 11.5 Å². The smallest absolute Gasteiger partial charge is 0.308 e. The van der Waals surface area contributed by atoms with Crippen LogP contribution in [0.1, 0.15) is 65.7 Å². The molecule has 0 atom stereocenters. The van der Waals surface area contributed by atoms with Gasteiger partial charge in [-0.3, -0.25) is 4.79 Å². The van der Waals surface area contributed by atoms with E-state index in [4.69, 9.17) is 9.15 Å². The van der Waals surface area contributed by atoms with E-state index < -0.39 is 11.6 Å². The Bertz CT molecular complexity index is 919. The number of hydrogen-bond acceptors (Lipinski definition) is 5. The van der Waals surface area contributed by atoms with Crippen molar-refractivity contribution in [3.8, 4) is 11.5 Å². The number of fused-ring (bicyclic) bond motifs is 1. The minimum atomic E-state index is -1.19. The minimum absolute atomic E-state index is 0.00579. The van der Waals surface area contributed by atoms with Crippen LogP contribution >= 0.6 is 0 Å². The number of phenolic OH excluding ortho intramolecular Hbond substituents is 1. The number of ether oxygens (including phenoxy) is 1. The van der Waals surface area contributed by atoms with Crippen molar-refractivity contribution in [1.29, 1.82) is 0 Å². The van der Waals surface area contributed by atoms with Gasteiger partial charge in [-0.2, -0.15) is 0 Å². The molecule has 5 heteroatoms. The van der Waals surface area contributed by atoms with Gasteiger partial charge in [-0.1, -0.05) is 23.3 Å². The summed E-state index contributed by atoms with van der Waals surface area (Å²) in [4.78, 5) is 11.7. The maximum Gasteiger partial charge on any atom is 0.308 e. The number of esters is 1. The first-order valence-corrected chi connectivity index (χ1v) is 9.47. The van der Waals surface area contributed by atoms with Gasteiger partial charge >= 0.3 is 5.97 Å². The number of phenols is 1. The number of hydrogen-bond donors (Lipinski definition) is 2. The van der Waals surface area contributed by atoms with Crippen LogP contribution in [0.15, 0.2) is 39.8 Å². The molecule has 0 spiro atoms. The van der Waals surface area contributed by atoms with Crippen molar-refractivity contribution in [1.82, 2.24) is 0 Å². The molecule has 1 heterocycles. The fourth-order valence-electron chi connectivity index (χ4n) is 2.91. The highest BCUT2D eigenvalue weighted by Crippen LogP contribution is 2.40. The quantitative estimate of drug-likeness (QED) is 0.372. The second-order valence-corrected chi connectivity index (χ2v) is 7.95. The molecular weight excluding hydrogens is 356 g/mol. The van der Waals surface area contributed by atoms with Gasteiger partial charge in [-0.15, -0.1) is 0 Å². The molecule has 0 aliphatic heterocycles. The molecule has 0 saturated heterocycles. The topological polar surface area (TPSA) is 79.9 Å². The Labute approximate surface area is 166 Å². The zero-order valence-electron chi connectivity index (χ0n) is 17.5. The molecule has 0 radical (unpaired) electrons. The van der Waals surface area contributed by atoms with Gasteiger partial charge < -0.3 is 19.4 Å². The van der Waals surface area contributed by atoms with Crippen molar-refractivity contribution < 1.29 is 24.2 Å². The van der Waals surface area contributed by atoms with E-state index in [0.29, 0.717) is 28.7 Å². The number of carbonyl (C=O) groups is 1. The van der Waals surface area contributed by atoms with Crippen LogP contribution in [0, 0.1) is 0 Å². The van der Waals surface area contributed by atoms with E-state index >= 15 is 0 Å². The summed E-state index contributed by atoms with van der Waals surface area (Å²) in [7, 11) is 0. The predicted molar refractivity (Wildman–Crippen MR) is 111 cm³/mol. The molecule has 5 nitrogen and oxygen atoms in total. The molecule has 0 saturated carbocycles. The highest BCUT2D eigenvalue weighted by atomic mass is 16.5. The van der Waals surface area contributed by atoms with Crippen LogP contribution in [0.2, 0.25) is 0 Å². The van der Waals surface area contributed by atoms with Crippen LogP contribution in [0.3, 0.4) is 0 Å². The Hall–Kier alpha value is -2.53. The Morgan fingerprint density at radius 1 is 1.18 bits per heavy atom. The zero-order chi connectivity index (χ0) is 21.1. The van der Waals surface area contributed by atoms with Crippen LogP contribution in [-0.2, 0) is 16.8 Å². The second kappa shape index (κ2) is 8.65. The maximum absolute atomic E-state index is 11.7. The normalized spacial score (nSPS) is 12.3. The van der Waals surface area contributed by atoms with Crippen LogP contribution in [-0.4, -0.2) is 16.2 Å². The summed E-state index contributed by atoms with van der Waals surface area (Å²) in [5, 5.41) is 21.3. The molecular formula is C23H30O5. The summed E-state index contributed by atoms with van der Waals surface area (Å²) in [5.74, 6) is 0.119. The summed E-state index contributed by atoms with van der Waals surface area (Å²) < 4.78 is 11.1. The van der Waals surface area contributed by atoms with E-state index in [1.807, 2.05) is 13.0 Å². The largest absolute Gasteiger partial charge is 0.507 e. The molecule has 0 amide bonds. The molecule has 2 aromatic rings. The Kier molecular flexibility index (Phi) is 6.73. The van der Waals surface area contributed by atoms with Crippen LogP contribution < -0.4 is 4.74 Å². The summed E-state index contributed by atoms with van der Waals surface area (Å²) in [6.45, 7) is 10.7. The Morgan fingerprint density at radius 2 is 1.86 bits per heavy atom. The van der Waals surface area contributed by atoms with Crippen molar-refractivity contribution in [3.05, 3.63) is 46.8 Å². The van der Waals surface area contributed by atoms with Gasteiger partial charge in [-0.05, 0) is 59.9 Å². The van der Waals surface area contributed by atoms with Crippen molar-refractivity contribution >= 4 is 16.9 Å². The lowest BCUT2D eigenvalue weighted by Gasteiger charge is -2.12. The second-order valence-electron chi connectivity index (χ2n) is 7.95. The van der Waals surface area contributed by atoms with Crippen molar-refractivity contribution in [2.24, 2.45) is 0 Å². The van der Waals surface area contributed by atoms with E-state index in [0.717, 1.165) is 12.8 Å². The Morgan fingerprint density at radius 3 is 2.43 bits per heavy atom. The Balaban J connectivity index is 2.44. The van der Waals surface area contributed by atoms with E-state index in [-0.39, 0.29) is 11.5 Å². The van der Waals surface area contributed by atoms with Crippen LogP contribution in [0.4, 0.5) is 0 Å². The fourth-order valence-corrected chi connectivity index (χ4v) is 2.91. The molecule has 28 heavy (non-hydrogen) atoms. The first kappa shape index (κ1) is 21.8. The SMILES string of the molecule is CC(=O)Oc1c(CC=C(C)CCC=C(C)C)c(O)cc2oc(C(C)(C)O)cc12. The fraction of sp³-hybridized carbons (Fsp3) is 0.435. The molecule has 1 aromatic carbocycles. The molecule has 1 aromatic heterocycles. The lowest BCUT2D eigenvalue weighted by Crippen LogP contribution is -2.13. The zero-order valence-corrected chi connectivity index (χ0v) is 17.5. The first-order valence-electron chi connectivity index (χ1n) is 9.47. The summed E-state index contributed by atoms with van der Waals surface area (Å²) >= 11 is 0. The average Bonchev–Trinajstić information content (AvgIpc) is 2.97. The monoisotopic (exact) mass is 386 g/mol. The molecule has 0 bridgehead atoms. The van der Waals surface area contributed by atoms with E-state index in [2.05, 4.69) is 19.9 Å². The summed E-state index contributed by atoms with van der Waals surface area (Å²) in [6.07, 6.45) is 6.53. The van der Waals surface area contributed by atoms with Crippen molar-refractivity contribution in [3.63, 3.8) is 0 Å². The number of carbonyl (C=O) groups excluding carboxylic acids is 1. The number of furan rings is 1. The van der Waals surface area contributed by atoms with E-state index in [9.17, 15) is 15.0 Å². The van der Waals surface area contributed by atoms with Gasteiger partial charge in [0.25, 0.3) is 0 Å². The predicted octanol–water partition coefficient (Wildman–Crippen LogP) is 5.53. The van der Waals surface area contributed by atoms with Crippen LogP contribution in [0.25, 0.3) is 11.0 Å². The van der Waals surface area contributed by atoms with E-state index in [1.165, 1.54) is 24.1 Å². The number of aliphatic hydroxyl groups is 1. The number of allylic oxidation sites excluding steroid dienone is 4. The molecule has 0 unspecified atom stereocenters.